The maximum atomic E-state index is 10.9. The number of nitrogens with two attached hydrogens (primary N) is 2. The van der Waals surface area contributed by atoms with Crippen LogP contribution in [0, 0.1) is 6.92 Å². The maximum absolute atomic E-state index is 10.9. The van der Waals surface area contributed by atoms with Gasteiger partial charge in [0.15, 0.2) is 0 Å². The third-order valence-electron chi connectivity index (χ3n) is 2.42. The monoisotopic (exact) mass is 308 g/mol. The van der Waals surface area contributed by atoms with Gasteiger partial charge in [-0.1, -0.05) is 34.1 Å². The topological polar surface area (TPSA) is 91.5 Å². The third kappa shape index (κ3) is 6.18. The second kappa shape index (κ2) is 10.7. The average molecular weight is 308 g/mol. The van der Waals surface area contributed by atoms with Crippen molar-refractivity contribution >= 4 is 22.6 Å². The Bertz CT molecular complexity index is 577. The molecule has 2 aromatic rings. The lowest BCUT2D eigenvalue weighted by atomic mass is 10.1. The van der Waals surface area contributed by atoms with E-state index in [1.165, 1.54) is 6.42 Å². The molecule has 0 aliphatic heterocycles. The normalized spacial score (nSPS) is 9.36. The number of hydrogen-bond donors (Lipinski definition) is 2. The highest BCUT2D eigenvalue weighted by Crippen LogP contribution is 2.25. The minimum Gasteiger partial charge on any atom is -0.457 e. The first kappa shape index (κ1) is 20.0. The van der Waals surface area contributed by atoms with E-state index in [0.29, 0.717) is 11.4 Å². The molecule has 0 saturated heterocycles. The summed E-state index contributed by atoms with van der Waals surface area (Å²) >= 11 is 0. The zero-order valence-electron chi connectivity index (χ0n) is 14.2. The molecule has 124 valence electrons. The molecule has 5 nitrogen and oxygen atoms in total. The Labute approximate surface area is 132 Å². The number of carbonyl (C=O) groups is 1. The Morgan fingerprint density at radius 1 is 1.23 bits per heavy atom. The summed E-state index contributed by atoms with van der Waals surface area (Å²) in [5, 5.41) is 0.904. The fourth-order valence-electron chi connectivity index (χ4n) is 1.69. The predicted molar refractivity (Wildman–Crippen MR) is 91.5 cm³/mol. The van der Waals surface area contributed by atoms with Crippen molar-refractivity contribution in [2.45, 2.75) is 47.6 Å². The van der Waals surface area contributed by atoms with Gasteiger partial charge in [-0.25, -0.2) is 0 Å². The van der Waals surface area contributed by atoms with Gasteiger partial charge in [-0.15, -0.1) is 0 Å². The Morgan fingerprint density at radius 2 is 1.82 bits per heavy atom. The van der Waals surface area contributed by atoms with Crippen LogP contribution in [0.2, 0.25) is 0 Å². The molecule has 0 aliphatic rings. The summed E-state index contributed by atoms with van der Waals surface area (Å²) in [7, 11) is 0. The molecule has 1 aromatic heterocycles. The first-order chi connectivity index (χ1) is 10.5. The van der Waals surface area contributed by atoms with Crippen molar-refractivity contribution in [3.05, 3.63) is 29.5 Å². The quantitative estimate of drug-likeness (QED) is 0.665. The highest BCUT2D eigenvalue weighted by Gasteiger charge is 2.09. The number of rotatable bonds is 3. The summed E-state index contributed by atoms with van der Waals surface area (Å²) in [6, 6.07) is 5.46. The molecule has 0 atom stereocenters. The highest BCUT2D eigenvalue weighted by molar-refractivity contribution is 5.84. The minimum absolute atomic E-state index is 0.0874. The van der Waals surface area contributed by atoms with E-state index in [1.54, 1.807) is 0 Å². The van der Waals surface area contributed by atoms with Gasteiger partial charge in [-0.05, 0) is 30.7 Å². The minimum atomic E-state index is -0.457. The van der Waals surface area contributed by atoms with E-state index in [-0.39, 0.29) is 13.2 Å². The van der Waals surface area contributed by atoms with E-state index in [4.69, 9.17) is 20.6 Å². The predicted octanol–water partition coefficient (Wildman–Crippen LogP) is 3.77. The zero-order chi connectivity index (χ0) is 17.1. The SMILES string of the molecule is CC.CCC.Cc1cc(N)cc2cc(COC(=O)CN)oc12. The van der Waals surface area contributed by atoms with E-state index < -0.39 is 5.97 Å². The van der Waals surface area contributed by atoms with Gasteiger partial charge in [0.25, 0.3) is 0 Å². The highest BCUT2D eigenvalue weighted by atomic mass is 16.5. The van der Waals surface area contributed by atoms with E-state index >= 15 is 0 Å². The van der Waals surface area contributed by atoms with Crippen LogP contribution in [-0.2, 0) is 16.1 Å². The number of aryl methyl sites for hydroxylation is 1. The molecule has 0 bridgehead atoms. The molecule has 0 saturated carbocycles. The summed E-state index contributed by atoms with van der Waals surface area (Å²) in [5.41, 5.74) is 13.3. The lowest BCUT2D eigenvalue weighted by molar-refractivity contribution is -0.143. The number of furan rings is 1. The van der Waals surface area contributed by atoms with Crippen LogP contribution < -0.4 is 11.5 Å². The molecule has 0 unspecified atom stereocenters. The molecular formula is C17H28N2O3. The number of anilines is 1. The van der Waals surface area contributed by atoms with Gasteiger partial charge in [-0.3, -0.25) is 4.79 Å². The largest absolute Gasteiger partial charge is 0.457 e. The summed E-state index contributed by atoms with van der Waals surface area (Å²) in [6.45, 7) is 10.1. The van der Waals surface area contributed by atoms with Gasteiger partial charge < -0.3 is 20.6 Å². The van der Waals surface area contributed by atoms with Gasteiger partial charge in [0, 0.05) is 11.1 Å². The number of hydrogen-bond acceptors (Lipinski definition) is 5. The van der Waals surface area contributed by atoms with Crippen LogP contribution in [0.15, 0.2) is 22.6 Å². The van der Waals surface area contributed by atoms with Crippen LogP contribution in [-0.4, -0.2) is 12.5 Å². The van der Waals surface area contributed by atoms with E-state index in [1.807, 2.05) is 39.0 Å². The van der Waals surface area contributed by atoms with E-state index in [0.717, 1.165) is 16.5 Å². The van der Waals surface area contributed by atoms with Crippen molar-refractivity contribution in [2.24, 2.45) is 5.73 Å². The molecular weight excluding hydrogens is 280 g/mol. The van der Waals surface area contributed by atoms with Crippen molar-refractivity contribution < 1.29 is 13.9 Å². The van der Waals surface area contributed by atoms with E-state index in [2.05, 4.69) is 13.8 Å². The van der Waals surface area contributed by atoms with Crippen LogP contribution >= 0.6 is 0 Å². The molecule has 0 radical (unpaired) electrons. The second-order valence-corrected chi connectivity index (χ2v) is 4.54. The fourth-order valence-corrected chi connectivity index (χ4v) is 1.69. The van der Waals surface area contributed by atoms with Crippen molar-refractivity contribution in [3.8, 4) is 0 Å². The molecule has 0 amide bonds. The van der Waals surface area contributed by atoms with Crippen molar-refractivity contribution in [1.82, 2.24) is 0 Å². The van der Waals surface area contributed by atoms with Crippen molar-refractivity contribution in [2.75, 3.05) is 12.3 Å². The van der Waals surface area contributed by atoms with Crippen LogP contribution in [0.25, 0.3) is 11.0 Å². The Balaban J connectivity index is 0.000000789. The summed E-state index contributed by atoms with van der Waals surface area (Å²) < 4.78 is 10.5. The number of esters is 1. The molecule has 0 spiro atoms. The van der Waals surface area contributed by atoms with Crippen LogP contribution in [0.3, 0.4) is 0 Å². The number of benzene rings is 1. The molecule has 0 aliphatic carbocycles. The number of nitrogen functional groups attached to an aromatic ring is 1. The van der Waals surface area contributed by atoms with Gasteiger partial charge in [0.1, 0.15) is 18.0 Å². The lowest BCUT2D eigenvalue weighted by Crippen LogP contribution is -2.16. The third-order valence-corrected chi connectivity index (χ3v) is 2.42. The summed E-state index contributed by atoms with van der Waals surface area (Å²) in [5.74, 6) is 0.122. The molecule has 0 fully saturated rings. The zero-order valence-corrected chi connectivity index (χ0v) is 14.2. The Morgan fingerprint density at radius 3 is 2.36 bits per heavy atom. The van der Waals surface area contributed by atoms with Crippen LogP contribution in [0.1, 0.15) is 45.4 Å². The Hall–Kier alpha value is -2.01. The van der Waals surface area contributed by atoms with Crippen LogP contribution in [0.5, 0.6) is 0 Å². The molecule has 1 aromatic carbocycles. The van der Waals surface area contributed by atoms with Gasteiger partial charge >= 0.3 is 5.97 Å². The average Bonchev–Trinajstić information content (AvgIpc) is 2.91. The van der Waals surface area contributed by atoms with Gasteiger partial charge in [0.05, 0.1) is 6.54 Å². The van der Waals surface area contributed by atoms with Crippen molar-refractivity contribution in [3.63, 3.8) is 0 Å². The van der Waals surface area contributed by atoms with Gasteiger partial charge in [-0.2, -0.15) is 0 Å². The fraction of sp³-hybridized carbons (Fsp3) is 0.471. The van der Waals surface area contributed by atoms with Gasteiger partial charge in [0.2, 0.25) is 0 Å². The summed E-state index contributed by atoms with van der Waals surface area (Å²) in [4.78, 5) is 10.9. The maximum Gasteiger partial charge on any atom is 0.320 e. The number of carbonyl (C=O) groups excluding carboxylic acids is 1. The van der Waals surface area contributed by atoms with Crippen LogP contribution in [0.4, 0.5) is 5.69 Å². The smallest absolute Gasteiger partial charge is 0.320 e. The second-order valence-electron chi connectivity index (χ2n) is 4.54. The van der Waals surface area contributed by atoms with E-state index in [9.17, 15) is 4.79 Å². The molecule has 1 heterocycles. The summed E-state index contributed by atoms with van der Waals surface area (Å²) in [6.07, 6.45) is 1.25. The number of fused-ring (bicyclic) bond motifs is 1. The molecule has 2 rings (SSSR count). The first-order valence-electron chi connectivity index (χ1n) is 7.66. The first-order valence-corrected chi connectivity index (χ1v) is 7.66. The lowest BCUT2D eigenvalue weighted by Gasteiger charge is -1.99. The Kier molecular flexibility index (Phi) is 9.70. The molecule has 4 N–H and O–H groups in total. The van der Waals surface area contributed by atoms with Crippen molar-refractivity contribution in [1.29, 1.82) is 0 Å². The molecule has 22 heavy (non-hydrogen) atoms. The number of ether oxygens (including phenoxy) is 1. The molecule has 5 heteroatoms. The standard InChI is InChI=1S/C12H14N2O3.C3H8.C2H6/c1-7-2-9(14)3-8-4-10(17-12(7)8)6-16-11(15)5-13;1-3-2;1-2/h2-4H,5-6,13-14H2,1H3;3H2,1-2H3;1-2H3.